The number of anilines is 1. The fourth-order valence-corrected chi connectivity index (χ4v) is 4.55. The Kier molecular flexibility index (Phi) is 5.77. The summed E-state index contributed by atoms with van der Waals surface area (Å²) < 4.78 is 6.94. The molecule has 6 heteroatoms. The molecule has 0 saturated heterocycles. The summed E-state index contributed by atoms with van der Waals surface area (Å²) in [5.41, 5.74) is 11.5. The van der Waals surface area contributed by atoms with Crippen LogP contribution in [0.2, 0.25) is 0 Å². The van der Waals surface area contributed by atoms with Crippen LogP contribution in [0.3, 0.4) is 0 Å². The minimum Gasteiger partial charge on any atom is -0.457 e. The summed E-state index contributed by atoms with van der Waals surface area (Å²) in [5, 5.41) is 0.555. The monoisotopic (exact) mass is 438 g/mol. The zero-order valence-corrected chi connectivity index (χ0v) is 18.3. The van der Waals surface area contributed by atoms with Gasteiger partial charge in [0.15, 0.2) is 5.13 Å². The van der Waals surface area contributed by atoms with Crippen molar-refractivity contribution < 1.29 is 4.74 Å². The number of rotatable bonds is 3. The quantitative estimate of drug-likeness (QED) is 0.358. The lowest BCUT2D eigenvalue weighted by atomic mass is 10.1. The van der Waals surface area contributed by atoms with E-state index in [1.807, 2.05) is 42.5 Å². The molecule has 0 atom stereocenters. The lowest BCUT2D eigenvalue weighted by Crippen LogP contribution is -1.88. The van der Waals surface area contributed by atoms with Gasteiger partial charge < -0.3 is 10.5 Å². The standard InChI is InChI=1S/C17H12N4OS.C9H10/c18-17-21-14-4-3-12(9-16(14)23-17)22-13-5-7-20-15(8-13)11-2-1-6-19-10-11;1-2-5-9-7-3-6-8(9)4-1/h1-10H,(H2,18,21);1-2,4-5H,3,6-7H2. The third-order valence-electron chi connectivity index (χ3n) is 5.31. The van der Waals surface area contributed by atoms with Gasteiger partial charge in [-0.15, -0.1) is 0 Å². The largest absolute Gasteiger partial charge is 0.457 e. The molecule has 1 aliphatic carbocycles. The van der Waals surface area contributed by atoms with E-state index >= 15 is 0 Å². The summed E-state index contributed by atoms with van der Waals surface area (Å²) in [6.45, 7) is 0. The van der Waals surface area contributed by atoms with Gasteiger partial charge in [0.25, 0.3) is 0 Å². The molecule has 3 aromatic heterocycles. The summed E-state index contributed by atoms with van der Waals surface area (Å²) in [6.07, 6.45) is 9.20. The van der Waals surface area contributed by atoms with Gasteiger partial charge in [-0.1, -0.05) is 35.6 Å². The minimum atomic E-state index is 0.555. The second-order valence-corrected chi connectivity index (χ2v) is 8.59. The predicted molar refractivity (Wildman–Crippen MR) is 130 cm³/mol. The molecule has 32 heavy (non-hydrogen) atoms. The summed E-state index contributed by atoms with van der Waals surface area (Å²) >= 11 is 1.44. The molecule has 0 amide bonds. The Bertz CT molecular complexity index is 1330. The van der Waals surface area contributed by atoms with E-state index in [0.29, 0.717) is 5.13 Å². The molecule has 0 saturated carbocycles. The Morgan fingerprint density at radius 2 is 1.66 bits per heavy atom. The number of ether oxygens (including phenoxy) is 1. The number of nitrogens with two attached hydrogens (primary N) is 1. The van der Waals surface area contributed by atoms with Crippen molar-refractivity contribution in [2.24, 2.45) is 0 Å². The maximum absolute atomic E-state index is 5.94. The van der Waals surface area contributed by atoms with Gasteiger partial charge in [0.2, 0.25) is 0 Å². The molecule has 1 aliphatic rings. The third-order valence-corrected chi connectivity index (χ3v) is 6.16. The molecule has 0 radical (unpaired) electrons. The number of thiazole rings is 1. The average Bonchev–Trinajstić information content (AvgIpc) is 3.45. The van der Waals surface area contributed by atoms with Crippen LogP contribution in [0.1, 0.15) is 17.5 Å². The zero-order chi connectivity index (χ0) is 21.8. The van der Waals surface area contributed by atoms with Crippen molar-refractivity contribution >= 4 is 26.7 Å². The van der Waals surface area contributed by atoms with Gasteiger partial charge >= 0.3 is 0 Å². The third kappa shape index (κ3) is 4.60. The van der Waals surface area contributed by atoms with Crippen molar-refractivity contribution in [3.63, 3.8) is 0 Å². The van der Waals surface area contributed by atoms with Crippen LogP contribution in [-0.4, -0.2) is 15.0 Å². The molecule has 6 rings (SSSR count). The van der Waals surface area contributed by atoms with Crippen molar-refractivity contribution in [2.45, 2.75) is 19.3 Å². The molecule has 3 heterocycles. The van der Waals surface area contributed by atoms with Crippen LogP contribution in [0.25, 0.3) is 21.5 Å². The number of nitrogens with zero attached hydrogens (tertiary/aromatic N) is 3. The summed E-state index contributed by atoms with van der Waals surface area (Å²) in [7, 11) is 0. The van der Waals surface area contributed by atoms with Crippen LogP contribution in [-0.2, 0) is 12.8 Å². The molecule has 2 aromatic carbocycles. The Hall–Kier alpha value is -3.77. The zero-order valence-electron chi connectivity index (χ0n) is 17.4. The molecule has 2 N–H and O–H groups in total. The second-order valence-electron chi connectivity index (χ2n) is 7.52. The smallest absolute Gasteiger partial charge is 0.181 e. The van der Waals surface area contributed by atoms with Crippen LogP contribution in [0.4, 0.5) is 5.13 Å². The number of aryl methyl sites for hydroxylation is 2. The number of pyridine rings is 2. The predicted octanol–water partition coefficient (Wildman–Crippen LogP) is 6.30. The summed E-state index contributed by atoms with van der Waals surface area (Å²) in [6, 6.07) is 22.0. The van der Waals surface area contributed by atoms with Gasteiger partial charge in [-0.25, -0.2) is 4.98 Å². The molecule has 5 nitrogen and oxygen atoms in total. The second kappa shape index (κ2) is 9.16. The van der Waals surface area contributed by atoms with Crippen LogP contribution in [0, 0.1) is 0 Å². The Morgan fingerprint density at radius 1 is 0.844 bits per heavy atom. The van der Waals surface area contributed by atoms with E-state index in [-0.39, 0.29) is 0 Å². The van der Waals surface area contributed by atoms with Gasteiger partial charge in [-0.05, 0) is 60.7 Å². The fourth-order valence-electron chi connectivity index (χ4n) is 3.78. The average molecular weight is 439 g/mol. The van der Waals surface area contributed by atoms with E-state index in [1.165, 1.54) is 30.6 Å². The van der Waals surface area contributed by atoms with Gasteiger partial charge in [0.1, 0.15) is 11.5 Å². The summed E-state index contributed by atoms with van der Waals surface area (Å²) in [5.74, 6) is 1.46. The van der Waals surface area contributed by atoms with Crippen molar-refractivity contribution in [2.75, 3.05) is 5.73 Å². The topological polar surface area (TPSA) is 73.9 Å². The van der Waals surface area contributed by atoms with Crippen molar-refractivity contribution in [3.8, 4) is 22.8 Å². The maximum atomic E-state index is 5.94. The first-order chi connectivity index (χ1) is 15.7. The Morgan fingerprint density at radius 3 is 2.44 bits per heavy atom. The molecule has 0 aliphatic heterocycles. The SMILES string of the molecule is Nc1nc2ccc(Oc3ccnc(-c4cccnc4)c3)cc2s1.c1ccc2c(c1)CCC2. The van der Waals surface area contributed by atoms with Gasteiger partial charge in [0.05, 0.1) is 15.9 Å². The highest BCUT2D eigenvalue weighted by atomic mass is 32.1. The number of aromatic nitrogens is 3. The normalized spacial score (nSPS) is 12.1. The van der Waals surface area contributed by atoms with Crippen molar-refractivity contribution in [1.29, 1.82) is 0 Å². The van der Waals surface area contributed by atoms with E-state index in [2.05, 4.69) is 39.2 Å². The van der Waals surface area contributed by atoms with Crippen LogP contribution < -0.4 is 10.5 Å². The molecule has 0 spiro atoms. The molecule has 158 valence electrons. The highest BCUT2D eigenvalue weighted by Crippen LogP contribution is 2.31. The van der Waals surface area contributed by atoms with Gasteiger partial charge in [-0.3, -0.25) is 9.97 Å². The number of nitrogen functional groups attached to an aromatic ring is 1. The molecule has 0 fully saturated rings. The minimum absolute atomic E-state index is 0.555. The molecular formula is C26H22N4OS. The highest BCUT2D eigenvalue weighted by Gasteiger charge is 2.07. The van der Waals surface area contributed by atoms with E-state index in [9.17, 15) is 0 Å². The number of benzene rings is 2. The highest BCUT2D eigenvalue weighted by molar-refractivity contribution is 7.22. The Labute approximate surface area is 190 Å². The molecule has 5 aromatic rings. The molecular weight excluding hydrogens is 416 g/mol. The Balaban J connectivity index is 0.000000199. The van der Waals surface area contributed by atoms with Crippen molar-refractivity contribution in [1.82, 2.24) is 15.0 Å². The fraction of sp³-hybridized carbons (Fsp3) is 0.115. The molecule has 0 unspecified atom stereocenters. The van der Waals surface area contributed by atoms with E-state index in [4.69, 9.17) is 10.5 Å². The van der Waals surface area contributed by atoms with Gasteiger partial charge in [0, 0.05) is 36.3 Å². The van der Waals surface area contributed by atoms with Gasteiger partial charge in [-0.2, -0.15) is 0 Å². The number of hydrogen-bond donors (Lipinski definition) is 1. The lowest BCUT2D eigenvalue weighted by molar-refractivity contribution is 0.483. The summed E-state index contributed by atoms with van der Waals surface area (Å²) in [4.78, 5) is 12.7. The van der Waals surface area contributed by atoms with E-state index in [1.54, 1.807) is 29.7 Å². The van der Waals surface area contributed by atoms with E-state index in [0.717, 1.165) is 33.0 Å². The first-order valence-corrected chi connectivity index (χ1v) is 11.3. The van der Waals surface area contributed by atoms with Crippen molar-refractivity contribution in [3.05, 3.63) is 96.4 Å². The first-order valence-electron chi connectivity index (χ1n) is 10.5. The number of fused-ring (bicyclic) bond motifs is 2. The van der Waals surface area contributed by atoms with E-state index < -0.39 is 0 Å². The lowest BCUT2D eigenvalue weighted by Gasteiger charge is -2.07. The number of hydrogen-bond acceptors (Lipinski definition) is 6. The maximum Gasteiger partial charge on any atom is 0.181 e. The molecule has 0 bridgehead atoms. The first kappa shape index (κ1) is 20.2. The van der Waals surface area contributed by atoms with Crippen LogP contribution in [0.5, 0.6) is 11.5 Å². The van der Waals surface area contributed by atoms with Crippen LogP contribution >= 0.6 is 11.3 Å². The van der Waals surface area contributed by atoms with Crippen LogP contribution in [0.15, 0.2) is 85.3 Å².